The molecule has 0 saturated carbocycles. The van der Waals surface area contributed by atoms with Crippen LogP contribution in [0.3, 0.4) is 0 Å². The topological polar surface area (TPSA) is 60.2 Å². The molecule has 120 valence electrons. The maximum absolute atomic E-state index is 11.9. The van der Waals surface area contributed by atoms with E-state index in [1.807, 2.05) is 18.2 Å². The highest BCUT2D eigenvalue weighted by Crippen LogP contribution is 2.18. The maximum Gasteiger partial charge on any atom is 0.155 e. The minimum absolute atomic E-state index is 0.311. The van der Waals surface area contributed by atoms with Crippen molar-refractivity contribution in [3.63, 3.8) is 0 Å². The first kappa shape index (κ1) is 18.0. The van der Waals surface area contributed by atoms with Crippen LogP contribution >= 0.6 is 0 Å². The summed E-state index contributed by atoms with van der Waals surface area (Å²) in [5, 5.41) is 0. The summed E-state index contributed by atoms with van der Waals surface area (Å²) in [5.74, 6) is 0.311. The third-order valence-corrected chi connectivity index (χ3v) is 6.45. The highest BCUT2D eigenvalue weighted by Gasteiger charge is 2.27. The third kappa shape index (κ3) is 6.51. The molecule has 0 spiro atoms. The molecular formula is C17H29NO2S. The summed E-state index contributed by atoms with van der Waals surface area (Å²) in [7, 11) is -2.95. The van der Waals surface area contributed by atoms with Gasteiger partial charge in [0.25, 0.3) is 0 Å². The molecule has 1 aromatic carbocycles. The lowest BCUT2D eigenvalue weighted by atomic mass is 10.1. The van der Waals surface area contributed by atoms with Gasteiger partial charge in [-0.1, -0.05) is 31.4 Å². The fraction of sp³-hybridized carbons (Fsp3) is 0.647. The average Bonchev–Trinajstić information content (AvgIpc) is 2.36. The number of hydrogen-bond acceptors (Lipinski definition) is 3. The van der Waals surface area contributed by atoms with Crippen molar-refractivity contribution in [2.45, 2.75) is 64.0 Å². The molecular weight excluding hydrogens is 282 g/mol. The summed E-state index contributed by atoms with van der Waals surface area (Å²) in [6.07, 6.45) is 6.19. The van der Waals surface area contributed by atoms with Gasteiger partial charge >= 0.3 is 0 Å². The number of nitrogen functional groups attached to an aromatic ring is 1. The second kappa shape index (κ2) is 7.83. The van der Waals surface area contributed by atoms with Gasteiger partial charge in [-0.15, -0.1) is 0 Å². The van der Waals surface area contributed by atoms with Crippen molar-refractivity contribution in [2.75, 3.05) is 11.5 Å². The Balaban J connectivity index is 2.13. The predicted molar refractivity (Wildman–Crippen MR) is 91.2 cm³/mol. The van der Waals surface area contributed by atoms with Gasteiger partial charge in [0.15, 0.2) is 9.84 Å². The van der Waals surface area contributed by atoms with E-state index in [0.717, 1.165) is 44.2 Å². The molecule has 3 nitrogen and oxygen atoms in total. The van der Waals surface area contributed by atoms with Crippen LogP contribution in [0.25, 0.3) is 0 Å². The summed E-state index contributed by atoms with van der Waals surface area (Å²) < 4.78 is 23.3. The number of sulfone groups is 1. The molecule has 2 N–H and O–H groups in total. The molecule has 1 aromatic rings. The molecule has 0 amide bonds. The Morgan fingerprint density at radius 1 is 1.00 bits per heavy atom. The highest BCUT2D eigenvalue weighted by atomic mass is 32.2. The van der Waals surface area contributed by atoms with E-state index < -0.39 is 14.6 Å². The molecule has 1 rings (SSSR count). The van der Waals surface area contributed by atoms with Crippen LogP contribution in [0.1, 0.15) is 58.4 Å². The lowest BCUT2D eigenvalue weighted by Crippen LogP contribution is -2.30. The number of benzene rings is 1. The van der Waals surface area contributed by atoms with Crippen molar-refractivity contribution >= 4 is 15.5 Å². The number of hydrogen-bond donors (Lipinski definition) is 1. The molecule has 0 heterocycles. The molecule has 0 fully saturated rings. The zero-order valence-electron chi connectivity index (χ0n) is 13.6. The molecule has 0 atom stereocenters. The Kier molecular flexibility index (Phi) is 6.72. The van der Waals surface area contributed by atoms with Gasteiger partial charge in [0.05, 0.1) is 10.5 Å². The summed E-state index contributed by atoms with van der Waals surface area (Å²) >= 11 is 0. The predicted octanol–water partition coefficient (Wildman–Crippen LogP) is 3.98. The van der Waals surface area contributed by atoms with E-state index in [-0.39, 0.29) is 0 Å². The fourth-order valence-corrected chi connectivity index (χ4v) is 3.40. The molecule has 0 aliphatic rings. The first-order valence-corrected chi connectivity index (χ1v) is 9.44. The van der Waals surface area contributed by atoms with E-state index in [1.165, 1.54) is 5.56 Å². The number of anilines is 1. The molecule has 4 heteroatoms. The second-order valence-electron chi connectivity index (χ2n) is 6.69. The Morgan fingerprint density at radius 3 is 2.24 bits per heavy atom. The van der Waals surface area contributed by atoms with Crippen LogP contribution in [0.4, 0.5) is 5.69 Å². The van der Waals surface area contributed by atoms with Gasteiger partial charge in [-0.05, 0) is 57.7 Å². The second-order valence-corrected chi connectivity index (χ2v) is 9.56. The minimum Gasteiger partial charge on any atom is -0.399 e. The average molecular weight is 311 g/mol. The van der Waals surface area contributed by atoms with Crippen LogP contribution in [0.15, 0.2) is 24.3 Å². The van der Waals surface area contributed by atoms with E-state index in [4.69, 9.17) is 5.73 Å². The molecule has 0 saturated heterocycles. The van der Waals surface area contributed by atoms with E-state index in [2.05, 4.69) is 6.07 Å². The maximum atomic E-state index is 11.9. The Hall–Kier alpha value is -1.03. The summed E-state index contributed by atoms with van der Waals surface area (Å²) in [6.45, 7) is 5.32. The molecule has 21 heavy (non-hydrogen) atoms. The SMILES string of the molecule is CC(C)(C)S(=O)(=O)CCCCCCCc1cccc(N)c1. The number of aryl methyl sites for hydroxylation is 1. The van der Waals surface area contributed by atoms with Gasteiger partial charge in [0.1, 0.15) is 0 Å². The van der Waals surface area contributed by atoms with Crippen molar-refractivity contribution < 1.29 is 8.42 Å². The largest absolute Gasteiger partial charge is 0.399 e. The highest BCUT2D eigenvalue weighted by molar-refractivity contribution is 7.92. The van der Waals surface area contributed by atoms with E-state index >= 15 is 0 Å². The summed E-state index contributed by atoms with van der Waals surface area (Å²) in [6, 6.07) is 8.02. The van der Waals surface area contributed by atoms with Crippen LogP contribution in [0.5, 0.6) is 0 Å². The zero-order chi connectivity index (χ0) is 15.9. The van der Waals surface area contributed by atoms with Gasteiger partial charge in [-0.3, -0.25) is 0 Å². The van der Waals surface area contributed by atoms with Crippen molar-refractivity contribution in [1.29, 1.82) is 0 Å². The molecule has 0 bridgehead atoms. The van der Waals surface area contributed by atoms with Gasteiger partial charge in [0, 0.05) is 5.69 Å². The van der Waals surface area contributed by atoms with Gasteiger partial charge in [-0.25, -0.2) is 8.42 Å². The lowest BCUT2D eigenvalue weighted by Gasteiger charge is -2.18. The third-order valence-electron chi connectivity index (χ3n) is 3.76. The lowest BCUT2D eigenvalue weighted by molar-refractivity contribution is 0.552. The molecule has 0 unspecified atom stereocenters. The standard InChI is InChI=1S/C17H29NO2S/c1-17(2,3)21(19,20)13-8-6-4-5-7-10-15-11-9-12-16(18)14-15/h9,11-12,14H,4-8,10,13,18H2,1-3H3. The number of nitrogens with two attached hydrogens (primary N) is 1. The van der Waals surface area contributed by atoms with Crippen molar-refractivity contribution in [1.82, 2.24) is 0 Å². The normalized spacial score (nSPS) is 12.5. The summed E-state index contributed by atoms with van der Waals surface area (Å²) in [5.41, 5.74) is 7.85. The molecule has 0 aliphatic heterocycles. The fourth-order valence-electron chi connectivity index (χ4n) is 2.21. The van der Waals surface area contributed by atoms with Crippen LogP contribution in [0.2, 0.25) is 0 Å². The van der Waals surface area contributed by atoms with E-state index in [0.29, 0.717) is 5.75 Å². The first-order chi connectivity index (χ1) is 9.72. The van der Waals surface area contributed by atoms with Crippen LogP contribution < -0.4 is 5.73 Å². The smallest absolute Gasteiger partial charge is 0.155 e. The number of unbranched alkanes of at least 4 members (excludes halogenated alkanes) is 4. The van der Waals surface area contributed by atoms with Gasteiger partial charge in [0.2, 0.25) is 0 Å². The van der Waals surface area contributed by atoms with Gasteiger partial charge in [-0.2, -0.15) is 0 Å². The van der Waals surface area contributed by atoms with Crippen LogP contribution in [-0.2, 0) is 16.3 Å². The Labute approximate surface area is 129 Å². The zero-order valence-corrected chi connectivity index (χ0v) is 14.4. The first-order valence-electron chi connectivity index (χ1n) is 7.79. The number of rotatable bonds is 8. The molecule has 0 aromatic heterocycles. The van der Waals surface area contributed by atoms with Crippen molar-refractivity contribution in [3.05, 3.63) is 29.8 Å². The van der Waals surface area contributed by atoms with Gasteiger partial charge < -0.3 is 5.73 Å². The van der Waals surface area contributed by atoms with Crippen molar-refractivity contribution in [3.8, 4) is 0 Å². The van der Waals surface area contributed by atoms with E-state index in [1.54, 1.807) is 20.8 Å². The monoisotopic (exact) mass is 311 g/mol. The Bertz CT molecular complexity index is 530. The van der Waals surface area contributed by atoms with Crippen LogP contribution in [0, 0.1) is 0 Å². The molecule has 0 aliphatic carbocycles. The quantitative estimate of drug-likeness (QED) is 0.583. The molecule has 0 radical (unpaired) electrons. The van der Waals surface area contributed by atoms with Crippen LogP contribution in [-0.4, -0.2) is 18.9 Å². The summed E-state index contributed by atoms with van der Waals surface area (Å²) in [4.78, 5) is 0. The van der Waals surface area contributed by atoms with E-state index in [9.17, 15) is 8.42 Å². The minimum atomic E-state index is -2.95. The Morgan fingerprint density at radius 2 is 1.62 bits per heavy atom. The van der Waals surface area contributed by atoms with Crippen molar-refractivity contribution in [2.24, 2.45) is 0 Å².